The summed E-state index contributed by atoms with van der Waals surface area (Å²) in [5, 5.41) is 10.8. The first-order valence-electron chi connectivity index (χ1n) is 5.52. The molecule has 1 amide bonds. The lowest BCUT2D eigenvalue weighted by molar-refractivity contribution is -0.158. The summed E-state index contributed by atoms with van der Waals surface area (Å²) in [6, 6.07) is 3.82. The van der Waals surface area contributed by atoms with E-state index in [4.69, 9.17) is 9.84 Å². The van der Waals surface area contributed by atoms with Crippen LogP contribution in [0.25, 0.3) is 6.08 Å². The van der Waals surface area contributed by atoms with Gasteiger partial charge in [-0.15, -0.1) is 11.3 Å². The number of carboxylic acids is 1. The maximum Gasteiger partial charge on any atom is 0.334 e. The van der Waals surface area contributed by atoms with Crippen LogP contribution < -0.4 is 0 Å². The van der Waals surface area contributed by atoms with Crippen LogP contribution in [0.3, 0.4) is 0 Å². The van der Waals surface area contributed by atoms with E-state index < -0.39 is 12.1 Å². The number of carbonyl (C=O) groups excluding carboxylic acids is 1. The molecule has 0 aromatic carbocycles. The molecule has 1 atom stereocenters. The maximum absolute atomic E-state index is 11.9. The van der Waals surface area contributed by atoms with Crippen LogP contribution in [0.4, 0.5) is 0 Å². The van der Waals surface area contributed by atoms with E-state index in [1.54, 1.807) is 17.4 Å². The zero-order valence-corrected chi connectivity index (χ0v) is 10.4. The van der Waals surface area contributed by atoms with E-state index in [1.807, 2.05) is 17.5 Å². The van der Waals surface area contributed by atoms with Gasteiger partial charge in [-0.1, -0.05) is 6.07 Å². The molecule has 1 aliphatic heterocycles. The molecule has 2 rings (SSSR count). The van der Waals surface area contributed by atoms with Gasteiger partial charge >= 0.3 is 5.97 Å². The highest BCUT2D eigenvalue weighted by Crippen LogP contribution is 2.11. The van der Waals surface area contributed by atoms with E-state index >= 15 is 0 Å². The van der Waals surface area contributed by atoms with Crippen molar-refractivity contribution in [1.29, 1.82) is 0 Å². The third kappa shape index (κ3) is 3.18. The molecule has 1 aromatic heterocycles. The molecule has 0 bridgehead atoms. The predicted molar refractivity (Wildman–Crippen MR) is 67.3 cm³/mol. The van der Waals surface area contributed by atoms with Gasteiger partial charge in [0.05, 0.1) is 13.2 Å². The Morgan fingerprint density at radius 2 is 2.39 bits per heavy atom. The lowest BCUT2D eigenvalue weighted by Gasteiger charge is -2.30. The average Bonchev–Trinajstić information content (AvgIpc) is 2.89. The maximum atomic E-state index is 11.9. The van der Waals surface area contributed by atoms with Gasteiger partial charge in [0, 0.05) is 17.5 Å². The second-order valence-electron chi connectivity index (χ2n) is 3.83. The van der Waals surface area contributed by atoms with E-state index in [0.29, 0.717) is 6.54 Å². The van der Waals surface area contributed by atoms with Crippen molar-refractivity contribution in [3.63, 3.8) is 0 Å². The fraction of sp³-hybridized carbons (Fsp3) is 0.333. The molecule has 0 aliphatic carbocycles. The Morgan fingerprint density at radius 1 is 1.56 bits per heavy atom. The molecule has 0 radical (unpaired) electrons. The van der Waals surface area contributed by atoms with E-state index in [9.17, 15) is 9.59 Å². The van der Waals surface area contributed by atoms with Crippen LogP contribution in [0.15, 0.2) is 23.6 Å². The standard InChI is InChI=1S/C12H13NO4S/c14-11(4-3-9-2-1-7-18-9)13-5-6-17-10(8-13)12(15)16/h1-4,7,10H,5-6,8H2,(H,15,16)/b4-3+/t10-/m0/s1. The molecule has 18 heavy (non-hydrogen) atoms. The van der Waals surface area contributed by atoms with E-state index in [-0.39, 0.29) is 19.1 Å². The van der Waals surface area contributed by atoms with Gasteiger partial charge in [-0.05, 0) is 17.5 Å². The molecule has 1 aliphatic rings. The van der Waals surface area contributed by atoms with Crippen LogP contribution in [0.5, 0.6) is 0 Å². The smallest absolute Gasteiger partial charge is 0.334 e. The fourth-order valence-corrected chi connectivity index (χ4v) is 2.26. The molecule has 2 heterocycles. The fourth-order valence-electron chi connectivity index (χ4n) is 1.64. The number of rotatable bonds is 3. The molecule has 0 saturated carbocycles. The molecule has 5 nitrogen and oxygen atoms in total. The van der Waals surface area contributed by atoms with Gasteiger partial charge < -0.3 is 14.7 Å². The van der Waals surface area contributed by atoms with E-state index in [2.05, 4.69) is 0 Å². The molecular weight excluding hydrogens is 254 g/mol. The Kier molecular flexibility index (Phi) is 4.11. The van der Waals surface area contributed by atoms with Crippen LogP contribution in [0.1, 0.15) is 4.88 Å². The highest BCUT2D eigenvalue weighted by Gasteiger charge is 2.27. The molecule has 96 valence electrons. The van der Waals surface area contributed by atoms with Crippen molar-refractivity contribution in [2.24, 2.45) is 0 Å². The second-order valence-corrected chi connectivity index (χ2v) is 4.81. The third-order valence-corrected chi connectivity index (χ3v) is 3.42. The minimum Gasteiger partial charge on any atom is -0.479 e. The predicted octanol–water partition coefficient (Wildman–Crippen LogP) is 1.07. The Balaban J connectivity index is 1.94. The summed E-state index contributed by atoms with van der Waals surface area (Å²) in [5.41, 5.74) is 0. The molecular formula is C12H13NO4S. The Hall–Kier alpha value is -1.66. The molecule has 1 N–H and O–H groups in total. The number of amides is 1. The van der Waals surface area contributed by atoms with Crippen molar-refractivity contribution in [2.45, 2.75) is 6.10 Å². The van der Waals surface area contributed by atoms with E-state index in [1.165, 1.54) is 11.0 Å². The van der Waals surface area contributed by atoms with Crippen LogP contribution >= 0.6 is 11.3 Å². The summed E-state index contributed by atoms with van der Waals surface area (Å²) in [7, 11) is 0. The van der Waals surface area contributed by atoms with Crippen molar-refractivity contribution in [3.8, 4) is 0 Å². The van der Waals surface area contributed by atoms with Gasteiger partial charge in [0.1, 0.15) is 0 Å². The lowest BCUT2D eigenvalue weighted by Crippen LogP contribution is -2.48. The first kappa shape index (κ1) is 12.8. The van der Waals surface area contributed by atoms with Crippen molar-refractivity contribution < 1.29 is 19.4 Å². The second kappa shape index (κ2) is 5.79. The highest BCUT2D eigenvalue weighted by molar-refractivity contribution is 7.10. The first-order valence-corrected chi connectivity index (χ1v) is 6.39. The summed E-state index contributed by atoms with van der Waals surface area (Å²) in [5.74, 6) is -1.22. The van der Waals surface area contributed by atoms with Gasteiger partial charge in [-0.25, -0.2) is 4.79 Å². The zero-order valence-electron chi connectivity index (χ0n) is 9.61. The molecule has 0 spiro atoms. The van der Waals surface area contributed by atoms with Crippen molar-refractivity contribution in [1.82, 2.24) is 4.90 Å². The Labute approximate surface area is 108 Å². The number of hydrogen-bond acceptors (Lipinski definition) is 4. The summed E-state index contributed by atoms with van der Waals surface area (Å²) in [6.07, 6.45) is 2.28. The number of carboxylic acid groups (broad SMARTS) is 1. The van der Waals surface area contributed by atoms with Crippen molar-refractivity contribution in [2.75, 3.05) is 19.7 Å². The largest absolute Gasteiger partial charge is 0.479 e. The number of morpholine rings is 1. The van der Waals surface area contributed by atoms with Crippen molar-refractivity contribution in [3.05, 3.63) is 28.5 Å². The van der Waals surface area contributed by atoms with Crippen LogP contribution in [-0.4, -0.2) is 47.7 Å². The monoisotopic (exact) mass is 267 g/mol. The topological polar surface area (TPSA) is 66.8 Å². The van der Waals surface area contributed by atoms with Gasteiger partial charge in [0.25, 0.3) is 0 Å². The number of nitrogens with zero attached hydrogens (tertiary/aromatic N) is 1. The van der Waals surface area contributed by atoms with Gasteiger partial charge in [0.15, 0.2) is 6.10 Å². The minimum atomic E-state index is -1.03. The minimum absolute atomic E-state index is 0.100. The van der Waals surface area contributed by atoms with Crippen LogP contribution in [0, 0.1) is 0 Å². The third-order valence-electron chi connectivity index (χ3n) is 2.59. The molecule has 1 fully saturated rings. The number of ether oxygens (including phenoxy) is 1. The SMILES string of the molecule is O=C(O)[C@@H]1CN(C(=O)/C=C/c2cccs2)CCO1. The van der Waals surface area contributed by atoms with Crippen molar-refractivity contribution >= 4 is 29.3 Å². The Morgan fingerprint density at radius 3 is 3.06 bits per heavy atom. The van der Waals surface area contributed by atoms with Crippen LogP contribution in [0.2, 0.25) is 0 Å². The number of hydrogen-bond donors (Lipinski definition) is 1. The average molecular weight is 267 g/mol. The molecule has 1 saturated heterocycles. The first-order chi connectivity index (χ1) is 8.66. The lowest BCUT2D eigenvalue weighted by atomic mass is 10.2. The highest BCUT2D eigenvalue weighted by atomic mass is 32.1. The number of aliphatic carboxylic acids is 1. The number of carbonyl (C=O) groups is 2. The van der Waals surface area contributed by atoms with Gasteiger partial charge in [-0.2, -0.15) is 0 Å². The molecule has 6 heteroatoms. The molecule has 0 unspecified atom stereocenters. The van der Waals surface area contributed by atoms with E-state index in [0.717, 1.165) is 4.88 Å². The summed E-state index contributed by atoms with van der Waals surface area (Å²) in [4.78, 5) is 25.1. The zero-order chi connectivity index (χ0) is 13.0. The number of thiophene rings is 1. The van der Waals surface area contributed by atoms with Crippen LogP contribution in [-0.2, 0) is 14.3 Å². The van der Waals surface area contributed by atoms with Gasteiger partial charge in [0.2, 0.25) is 5.91 Å². The van der Waals surface area contributed by atoms with Gasteiger partial charge in [-0.3, -0.25) is 4.79 Å². The normalized spacial score (nSPS) is 20.2. The molecule has 1 aromatic rings. The summed E-state index contributed by atoms with van der Waals surface area (Å²) in [6.45, 7) is 0.788. The summed E-state index contributed by atoms with van der Waals surface area (Å²) < 4.78 is 5.05. The Bertz CT molecular complexity index is 455. The summed E-state index contributed by atoms with van der Waals surface area (Å²) >= 11 is 1.54. The quantitative estimate of drug-likeness (QED) is 0.832.